The molecule has 0 amide bonds. The zero-order valence-electron chi connectivity index (χ0n) is 8.57. The first-order valence-corrected chi connectivity index (χ1v) is 5.50. The number of rotatable bonds is 2. The van der Waals surface area contributed by atoms with Crippen LogP contribution in [0.4, 0.5) is 0 Å². The summed E-state index contributed by atoms with van der Waals surface area (Å²) in [5, 5.41) is 9.46. The van der Waals surface area contributed by atoms with Gasteiger partial charge in [-0.25, -0.2) is 0 Å². The van der Waals surface area contributed by atoms with Crippen LogP contribution < -0.4 is 0 Å². The van der Waals surface area contributed by atoms with Gasteiger partial charge >= 0.3 is 5.97 Å². The summed E-state index contributed by atoms with van der Waals surface area (Å²) in [6, 6.07) is 9.73. The molecule has 1 aromatic carbocycles. The molecular weight excluding hydrogens is 188 g/mol. The third kappa shape index (κ3) is 0.921. The van der Waals surface area contributed by atoms with Gasteiger partial charge in [0, 0.05) is 0 Å². The summed E-state index contributed by atoms with van der Waals surface area (Å²) in [7, 11) is 0. The van der Waals surface area contributed by atoms with Crippen LogP contribution in [0, 0.1) is 5.41 Å². The lowest BCUT2D eigenvalue weighted by molar-refractivity contribution is -0.141. The topological polar surface area (TPSA) is 37.3 Å². The average molecular weight is 202 g/mol. The molecule has 0 aromatic heterocycles. The van der Waals surface area contributed by atoms with E-state index >= 15 is 0 Å². The largest absolute Gasteiger partial charge is 0.481 e. The lowest BCUT2D eigenvalue weighted by Crippen LogP contribution is -2.32. The number of aliphatic carboxylic acids is 1. The van der Waals surface area contributed by atoms with E-state index in [0.717, 1.165) is 24.8 Å². The fourth-order valence-electron chi connectivity index (χ4n) is 3.23. The van der Waals surface area contributed by atoms with E-state index in [9.17, 15) is 9.90 Å². The summed E-state index contributed by atoms with van der Waals surface area (Å²) < 4.78 is 0. The Balaban J connectivity index is 2.05. The van der Waals surface area contributed by atoms with Crippen LogP contribution in [0.25, 0.3) is 0 Å². The van der Waals surface area contributed by atoms with Gasteiger partial charge in [0.05, 0.1) is 5.41 Å². The Morgan fingerprint density at radius 3 is 2.27 bits per heavy atom. The third-order valence-corrected chi connectivity index (χ3v) is 4.33. The summed E-state index contributed by atoms with van der Waals surface area (Å²) in [4.78, 5) is 11.5. The molecule has 2 saturated carbocycles. The Labute approximate surface area is 88.9 Å². The smallest absolute Gasteiger partial charge is 0.314 e. The summed E-state index contributed by atoms with van der Waals surface area (Å²) in [6.45, 7) is 0. The SMILES string of the molecule is O=C(O)C1(c2ccccc2)CC12CCC2. The van der Waals surface area contributed by atoms with Gasteiger partial charge in [-0.05, 0) is 30.2 Å². The van der Waals surface area contributed by atoms with Gasteiger partial charge in [-0.1, -0.05) is 36.8 Å². The number of hydrogen-bond acceptors (Lipinski definition) is 1. The summed E-state index contributed by atoms with van der Waals surface area (Å²) in [5.74, 6) is -0.631. The van der Waals surface area contributed by atoms with Crippen molar-refractivity contribution < 1.29 is 9.90 Å². The molecule has 2 fully saturated rings. The normalized spacial score (nSPS) is 30.9. The van der Waals surface area contributed by atoms with E-state index in [1.54, 1.807) is 0 Å². The van der Waals surface area contributed by atoms with Gasteiger partial charge in [-0.15, -0.1) is 0 Å². The molecule has 0 aliphatic heterocycles. The van der Waals surface area contributed by atoms with Gasteiger partial charge in [0.2, 0.25) is 0 Å². The van der Waals surface area contributed by atoms with Crippen molar-refractivity contribution in [2.45, 2.75) is 31.1 Å². The van der Waals surface area contributed by atoms with E-state index in [1.165, 1.54) is 6.42 Å². The molecule has 1 aromatic rings. The second-order valence-corrected chi connectivity index (χ2v) is 4.89. The lowest BCUT2D eigenvalue weighted by atomic mass is 9.73. The molecule has 78 valence electrons. The van der Waals surface area contributed by atoms with E-state index < -0.39 is 11.4 Å². The number of hydrogen-bond donors (Lipinski definition) is 1. The van der Waals surface area contributed by atoms with Crippen LogP contribution in [-0.2, 0) is 10.2 Å². The van der Waals surface area contributed by atoms with Gasteiger partial charge < -0.3 is 5.11 Å². The Bertz CT molecular complexity index is 406. The van der Waals surface area contributed by atoms with Crippen LogP contribution in [0.5, 0.6) is 0 Å². The number of carboxylic acid groups (broad SMARTS) is 1. The highest BCUT2D eigenvalue weighted by molar-refractivity contribution is 5.87. The minimum atomic E-state index is -0.631. The van der Waals surface area contributed by atoms with Crippen molar-refractivity contribution in [2.24, 2.45) is 5.41 Å². The van der Waals surface area contributed by atoms with Crippen molar-refractivity contribution in [2.75, 3.05) is 0 Å². The van der Waals surface area contributed by atoms with E-state index in [0.29, 0.717) is 0 Å². The molecule has 0 bridgehead atoms. The van der Waals surface area contributed by atoms with Crippen molar-refractivity contribution >= 4 is 5.97 Å². The second-order valence-electron chi connectivity index (χ2n) is 4.89. The van der Waals surface area contributed by atoms with Crippen molar-refractivity contribution in [1.82, 2.24) is 0 Å². The first-order valence-electron chi connectivity index (χ1n) is 5.50. The average Bonchev–Trinajstić information content (AvgIpc) is 2.90. The van der Waals surface area contributed by atoms with Crippen LogP contribution in [0.3, 0.4) is 0 Å². The minimum absolute atomic E-state index is 0.111. The molecule has 2 nitrogen and oxygen atoms in total. The Morgan fingerprint density at radius 1 is 1.20 bits per heavy atom. The van der Waals surface area contributed by atoms with Crippen molar-refractivity contribution in [3.05, 3.63) is 35.9 Å². The molecule has 1 N–H and O–H groups in total. The molecule has 0 heterocycles. The predicted molar refractivity (Wildman–Crippen MR) is 56.7 cm³/mol. The van der Waals surface area contributed by atoms with Crippen molar-refractivity contribution in [1.29, 1.82) is 0 Å². The van der Waals surface area contributed by atoms with Crippen LogP contribution in [0.1, 0.15) is 31.2 Å². The number of carboxylic acids is 1. The van der Waals surface area contributed by atoms with Gasteiger partial charge in [0.1, 0.15) is 0 Å². The quantitative estimate of drug-likeness (QED) is 0.800. The zero-order valence-corrected chi connectivity index (χ0v) is 8.57. The highest BCUT2D eigenvalue weighted by Crippen LogP contribution is 2.74. The fraction of sp³-hybridized carbons (Fsp3) is 0.462. The number of carbonyl (C=O) groups is 1. The summed E-state index contributed by atoms with van der Waals surface area (Å²) in [6.07, 6.45) is 4.23. The third-order valence-electron chi connectivity index (χ3n) is 4.33. The van der Waals surface area contributed by atoms with Crippen LogP contribution in [-0.4, -0.2) is 11.1 Å². The molecule has 3 rings (SSSR count). The highest BCUT2D eigenvalue weighted by atomic mass is 16.4. The molecule has 0 saturated heterocycles. The van der Waals surface area contributed by atoms with Gasteiger partial charge in [-0.3, -0.25) is 4.79 Å². The maximum absolute atomic E-state index is 11.5. The Hall–Kier alpha value is -1.31. The fourth-order valence-corrected chi connectivity index (χ4v) is 3.23. The summed E-state index contributed by atoms with van der Waals surface area (Å²) in [5.41, 5.74) is 0.560. The van der Waals surface area contributed by atoms with Crippen molar-refractivity contribution in [3.63, 3.8) is 0 Å². The molecule has 15 heavy (non-hydrogen) atoms. The molecule has 1 spiro atoms. The van der Waals surface area contributed by atoms with Crippen molar-refractivity contribution in [3.8, 4) is 0 Å². The first-order chi connectivity index (χ1) is 7.21. The molecule has 2 aliphatic carbocycles. The second kappa shape index (κ2) is 2.63. The van der Waals surface area contributed by atoms with Gasteiger partial charge in [0.15, 0.2) is 0 Å². The first kappa shape index (κ1) is 8.96. The Kier molecular flexibility index (Phi) is 1.57. The maximum atomic E-state index is 11.5. The lowest BCUT2D eigenvalue weighted by Gasteiger charge is -2.31. The molecule has 1 unspecified atom stereocenters. The minimum Gasteiger partial charge on any atom is -0.481 e. The van der Waals surface area contributed by atoms with E-state index in [4.69, 9.17) is 0 Å². The monoisotopic (exact) mass is 202 g/mol. The van der Waals surface area contributed by atoms with Gasteiger partial charge in [-0.2, -0.15) is 0 Å². The van der Waals surface area contributed by atoms with E-state index in [2.05, 4.69) is 0 Å². The highest BCUT2D eigenvalue weighted by Gasteiger charge is 2.74. The van der Waals surface area contributed by atoms with Gasteiger partial charge in [0.25, 0.3) is 0 Å². The molecular formula is C13H14O2. The molecule has 0 radical (unpaired) electrons. The maximum Gasteiger partial charge on any atom is 0.314 e. The van der Waals surface area contributed by atoms with Crippen LogP contribution in [0.15, 0.2) is 30.3 Å². The predicted octanol–water partition coefficient (Wildman–Crippen LogP) is 2.58. The molecule has 1 atom stereocenters. The van der Waals surface area contributed by atoms with E-state index in [-0.39, 0.29) is 5.41 Å². The zero-order chi connectivity index (χ0) is 10.5. The van der Waals surface area contributed by atoms with E-state index in [1.807, 2.05) is 30.3 Å². The van der Waals surface area contributed by atoms with Crippen LogP contribution >= 0.6 is 0 Å². The Morgan fingerprint density at radius 2 is 1.87 bits per heavy atom. The van der Waals surface area contributed by atoms with Crippen LogP contribution in [0.2, 0.25) is 0 Å². The standard InChI is InChI=1S/C13H14O2/c14-11(15)13(9-12(13)7-4-8-12)10-5-2-1-3-6-10/h1-3,5-6H,4,7-9H2,(H,14,15). The molecule has 2 aliphatic rings. The summed E-state index contributed by atoms with van der Waals surface area (Å²) >= 11 is 0. The molecule has 2 heteroatoms. The number of benzene rings is 1.